The first-order valence-electron chi connectivity index (χ1n) is 4.23. The van der Waals surface area contributed by atoms with Crippen LogP contribution in [-0.4, -0.2) is 21.5 Å². The highest BCUT2D eigenvalue weighted by Gasteiger charge is 2.28. The van der Waals surface area contributed by atoms with E-state index in [2.05, 4.69) is 22.4 Å². The van der Waals surface area contributed by atoms with Crippen LogP contribution in [-0.2, 0) is 6.42 Å². The summed E-state index contributed by atoms with van der Waals surface area (Å²) < 4.78 is 0. The Kier molecular flexibility index (Phi) is 2.03. The van der Waals surface area contributed by atoms with E-state index in [4.69, 9.17) is 0 Å². The SMILES string of the molecule is O[C@@H]1Cc2ccccc2[C@@H]1C[Si]. The average Bonchev–Trinajstić information content (AvgIpc) is 2.40. The first kappa shape index (κ1) is 8.02. The third-order valence-corrected chi connectivity index (χ3v) is 3.01. The van der Waals surface area contributed by atoms with Crippen LogP contribution in [0.4, 0.5) is 0 Å². The minimum atomic E-state index is -0.195. The summed E-state index contributed by atoms with van der Waals surface area (Å²) in [4.78, 5) is 0. The zero-order valence-corrected chi connectivity index (χ0v) is 7.83. The molecule has 1 aromatic carbocycles. The van der Waals surface area contributed by atoms with Crippen LogP contribution in [0.5, 0.6) is 0 Å². The summed E-state index contributed by atoms with van der Waals surface area (Å²) >= 11 is 0. The summed E-state index contributed by atoms with van der Waals surface area (Å²) in [5.41, 5.74) is 2.60. The molecule has 0 unspecified atom stereocenters. The Balaban J connectivity index is 2.40. The van der Waals surface area contributed by atoms with E-state index < -0.39 is 0 Å². The molecule has 2 heteroatoms. The van der Waals surface area contributed by atoms with Crippen molar-refractivity contribution in [3.05, 3.63) is 35.4 Å². The molecule has 0 amide bonds. The monoisotopic (exact) mass is 175 g/mol. The van der Waals surface area contributed by atoms with Crippen LogP contribution in [0.3, 0.4) is 0 Å². The van der Waals surface area contributed by atoms with Crippen molar-refractivity contribution in [2.75, 3.05) is 0 Å². The Hall–Kier alpha value is -0.603. The van der Waals surface area contributed by atoms with Gasteiger partial charge >= 0.3 is 0 Å². The van der Waals surface area contributed by atoms with E-state index in [1.54, 1.807) is 0 Å². The molecule has 12 heavy (non-hydrogen) atoms. The second-order valence-corrected chi connectivity index (χ2v) is 3.69. The predicted molar refractivity (Wildman–Crippen MR) is 49.5 cm³/mol. The largest absolute Gasteiger partial charge is 0.392 e. The maximum absolute atomic E-state index is 9.68. The zero-order chi connectivity index (χ0) is 8.55. The second-order valence-electron chi connectivity index (χ2n) is 3.28. The van der Waals surface area contributed by atoms with Crippen molar-refractivity contribution in [2.24, 2.45) is 0 Å². The van der Waals surface area contributed by atoms with Crippen molar-refractivity contribution in [1.29, 1.82) is 0 Å². The molecule has 1 aliphatic carbocycles. The molecule has 2 rings (SSSR count). The summed E-state index contributed by atoms with van der Waals surface area (Å²) in [6.07, 6.45) is 0.616. The molecule has 0 aromatic heterocycles. The van der Waals surface area contributed by atoms with Gasteiger partial charge < -0.3 is 5.11 Å². The normalized spacial score (nSPS) is 27.2. The molecule has 61 valence electrons. The molecule has 0 aliphatic heterocycles. The molecule has 0 saturated heterocycles. The average molecular weight is 175 g/mol. The number of aliphatic hydroxyl groups is 1. The second kappa shape index (κ2) is 3.03. The van der Waals surface area contributed by atoms with Crippen LogP contribution in [0.25, 0.3) is 0 Å². The summed E-state index contributed by atoms with van der Waals surface area (Å²) in [6, 6.07) is 9.11. The molecule has 0 spiro atoms. The molecule has 0 bridgehead atoms. The number of benzene rings is 1. The Morgan fingerprint density at radius 1 is 1.42 bits per heavy atom. The van der Waals surface area contributed by atoms with E-state index in [1.165, 1.54) is 11.1 Å². The lowest BCUT2D eigenvalue weighted by Gasteiger charge is -2.12. The lowest BCUT2D eigenvalue weighted by molar-refractivity contribution is 0.163. The first-order valence-corrected chi connectivity index (χ1v) is 4.94. The van der Waals surface area contributed by atoms with Gasteiger partial charge in [0.2, 0.25) is 0 Å². The van der Waals surface area contributed by atoms with E-state index in [-0.39, 0.29) is 12.0 Å². The van der Waals surface area contributed by atoms with Crippen molar-refractivity contribution in [2.45, 2.75) is 24.5 Å². The van der Waals surface area contributed by atoms with E-state index >= 15 is 0 Å². The van der Waals surface area contributed by atoms with E-state index in [0.717, 1.165) is 12.5 Å². The quantitative estimate of drug-likeness (QED) is 0.637. The van der Waals surface area contributed by atoms with Crippen LogP contribution >= 0.6 is 0 Å². The van der Waals surface area contributed by atoms with Crippen LogP contribution in [0.15, 0.2) is 24.3 Å². The van der Waals surface area contributed by atoms with Crippen LogP contribution in [0, 0.1) is 0 Å². The number of fused-ring (bicyclic) bond motifs is 1. The third kappa shape index (κ3) is 1.11. The molecule has 0 fully saturated rings. The van der Waals surface area contributed by atoms with Gasteiger partial charge in [-0.25, -0.2) is 0 Å². The maximum atomic E-state index is 9.68. The Labute approximate surface area is 75.9 Å². The van der Waals surface area contributed by atoms with Crippen molar-refractivity contribution in [1.82, 2.24) is 0 Å². The Morgan fingerprint density at radius 3 is 2.92 bits per heavy atom. The lowest BCUT2D eigenvalue weighted by Crippen LogP contribution is -2.12. The van der Waals surface area contributed by atoms with Crippen molar-refractivity contribution in [3.8, 4) is 0 Å². The van der Waals surface area contributed by atoms with Gasteiger partial charge in [-0.15, -0.1) is 0 Å². The molecule has 1 nitrogen and oxygen atoms in total. The zero-order valence-electron chi connectivity index (χ0n) is 6.83. The predicted octanol–water partition coefficient (Wildman–Crippen LogP) is 1.27. The molecule has 1 aliphatic rings. The number of aliphatic hydroxyl groups excluding tert-OH is 1. The lowest BCUT2D eigenvalue weighted by atomic mass is 10.0. The van der Waals surface area contributed by atoms with Gasteiger partial charge in [0.15, 0.2) is 0 Å². The van der Waals surface area contributed by atoms with E-state index in [1.807, 2.05) is 12.1 Å². The summed E-state index contributed by atoms with van der Waals surface area (Å²) in [5, 5.41) is 9.68. The van der Waals surface area contributed by atoms with Gasteiger partial charge in [0.1, 0.15) is 0 Å². The molecule has 2 atom stereocenters. The fourth-order valence-corrected chi connectivity index (χ4v) is 2.39. The van der Waals surface area contributed by atoms with E-state index in [9.17, 15) is 5.11 Å². The van der Waals surface area contributed by atoms with Gasteiger partial charge in [0, 0.05) is 16.2 Å². The smallest absolute Gasteiger partial charge is 0.0646 e. The highest BCUT2D eigenvalue weighted by Crippen LogP contribution is 2.34. The number of hydrogen-bond acceptors (Lipinski definition) is 1. The number of hydrogen-bond donors (Lipinski definition) is 1. The van der Waals surface area contributed by atoms with Gasteiger partial charge in [-0.2, -0.15) is 0 Å². The third-order valence-electron chi connectivity index (χ3n) is 2.57. The number of rotatable bonds is 1. The molecule has 1 N–H and O–H groups in total. The minimum absolute atomic E-state index is 0.195. The first-order chi connectivity index (χ1) is 5.83. The molecular formula is C10H11OSi. The van der Waals surface area contributed by atoms with Crippen molar-refractivity contribution < 1.29 is 5.11 Å². The minimum Gasteiger partial charge on any atom is -0.392 e. The molecule has 1 aromatic rings. The Morgan fingerprint density at radius 2 is 2.17 bits per heavy atom. The van der Waals surface area contributed by atoms with Crippen molar-refractivity contribution >= 4 is 10.2 Å². The molecule has 3 radical (unpaired) electrons. The van der Waals surface area contributed by atoms with Gasteiger partial charge in [0.25, 0.3) is 0 Å². The molecular weight excluding hydrogens is 164 g/mol. The van der Waals surface area contributed by atoms with Gasteiger partial charge in [-0.05, 0) is 17.5 Å². The van der Waals surface area contributed by atoms with Crippen LogP contribution in [0.1, 0.15) is 17.0 Å². The van der Waals surface area contributed by atoms with Gasteiger partial charge in [-0.1, -0.05) is 30.3 Å². The van der Waals surface area contributed by atoms with E-state index in [0.29, 0.717) is 0 Å². The summed E-state index contributed by atoms with van der Waals surface area (Å²) in [7, 11) is 3.47. The Bertz CT molecular complexity index is 285. The molecule has 0 saturated carbocycles. The fourth-order valence-electron chi connectivity index (χ4n) is 1.90. The highest BCUT2D eigenvalue weighted by atomic mass is 28.1. The summed E-state index contributed by atoms with van der Waals surface area (Å²) in [5.74, 6) is 0.290. The highest BCUT2D eigenvalue weighted by molar-refractivity contribution is 6.09. The van der Waals surface area contributed by atoms with Crippen LogP contribution < -0.4 is 0 Å². The topological polar surface area (TPSA) is 20.2 Å². The van der Waals surface area contributed by atoms with Crippen LogP contribution in [0.2, 0.25) is 6.04 Å². The van der Waals surface area contributed by atoms with Gasteiger partial charge in [0.05, 0.1) is 6.10 Å². The van der Waals surface area contributed by atoms with Gasteiger partial charge in [-0.3, -0.25) is 0 Å². The standard InChI is InChI=1S/C10H11OSi/c11-10-5-7-3-1-2-4-8(7)9(10)6-12/h1-4,9-11H,5-6H2/t9-,10+/m0/s1. The van der Waals surface area contributed by atoms with Crippen molar-refractivity contribution in [3.63, 3.8) is 0 Å². The maximum Gasteiger partial charge on any atom is 0.0646 e. The summed E-state index contributed by atoms with van der Waals surface area (Å²) in [6.45, 7) is 0. The molecule has 0 heterocycles. The fraction of sp³-hybridized carbons (Fsp3) is 0.400.